The maximum absolute atomic E-state index is 12.9. The smallest absolute Gasteiger partial charge is 0.326 e. The molecule has 3 rings (SSSR count). The van der Waals surface area contributed by atoms with E-state index in [4.69, 9.17) is 16.6 Å². The van der Waals surface area contributed by atoms with Crippen LogP contribution in [0, 0.1) is 23.0 Å². The lowest BCUT2D eigenvalue weighted by Gasteiger charge is -2.24. The molecule has 1 atom stereocenters. The van der Waals surface area contributed by atoms with Crippen LogP contribution in [-0.2, 0) is 9.59 Å². The van der Waals surface area contributed by atoms with Crippen molar-refractivity contribution in [1.29, 1.82) is 0 Å². The Hall–Kier alpha value is -2.98. The fraction of sp³-hybridized carbons (Fsp3) is 0.286. The number of carboxylic acid groups (broad SMARTS) is 1. The summed E-state index contributed by atoms with van der Waals surface area (Å²) in [4.78, 5) is 36.7. The summed E-state index contributed by atoms with van der Waals surface area (Å²) >= 11 is 6.28. The molecule has 0 aliphatic carbocycles. The predicted molar refractivity (Wildman–Crippen MR) is 121 cm³/mol. The number of carboxylic acids is 1. The van der Waals surface area contributed by atoms with Gasteiger partial charge < -0.3 is 9.52 Å². The quantitative estimate of drug-likeness (QED) is 0.270. The molecular weight excluding hydrogens is 440 g/mol. The molecule has 1 aromatic carbocycles. The van der Waals surface area contributed by atoms with Crippen molar-refractivity contribution in [2.45, 2.75) is 33.2 Å². The number of thiocarbonyl (C=S) groups is 1. The van der Waals surface area contributed by atoms with Gasteiger partial charge in [0.05, 0.1) is 9.83 Å². The van der Waals surface area contributed by atoms with E-state index in [9.17, 15) is 24.8 Å². The number of nitrogens with zero attached hydrogens (tertiary/aromatic N) is 2. The molecule has 1 unspecified atom stereocenters. The highest BCUT2D eigenvalue weighted by Crippen LogP contribution is 2.36. The second-order valence-corrected chi connectivity index (χ2v) is 9.17. The molecule has 1 aromatic heterocycles. The Morgan fingerprint density at radius 3 is 2.68 bits per heavy atom. The Labute approximate surface area is 188 Å². The number of aliphatic carboxylic acids is 1. The summed E-state index contributed by atoms with van der Waals surface area (Å²) in [6.45, 7) is 5.41. The van der Waals surface area contributed by atoms with Gasteiger partial charge in [-0.25, -0.2) is 4.79 Å². The molecule has 2 aromatic rings. The zero-order chi connectivity index (χ0) is 22.9. The van der Waals surface area contributed by atoms with Crippen molar-refractivity contribution in [2.24, 2.45) is 5.92 Å². The molecule has 31 heavy (non-hydrogen) atoms. The van der Waals surface area contributed by atoms with Crippen molar-refractivity contribution in [2.75, 3.05) is 0 Å². The van der Waals surface area contributed by atoms with Crippen molar-refractivity contribution >= 4 is 51.9 Å². The van der Waals surface area contributed by atoms with E-state index in [-0.39, 0.29) is 27.3 Å². The maximum atomic E-state index is 12.9. The van der Waals surface area contributed by atoms with Crippen molar-refractivity contribution in [3.8, 4) is 11.3 Å². The second-order valence-electron chi connectivity index (χ2n) is 7.50. The van der Waals surface area contributed by atoms with Crippen LogP contribution in [0.15, 0.2) is 39.7 Å². The van der Waals surface area contributed by atoms with Gasteiger partial charge in [-0.15, -0.1) is 0 Å². The van der Waals surface area contributed by atoms with Gasteiger partial charge in [0.2, 0.25) is 0 Å². The number of hydrogen-bond donors (Lipinski definition) is 1. The molecule has 0 saturated carbocycles. The van der Waals surface area contributed by atoms with Gasteiger partial charge in [-0.1, -0.05) is 50.0 Å². The number of hydrogen-bond acceptors (Lipinski definition) is 7. The van der Waals surface area contributed by atoms with Crippen molar-refractivity contribution in [3.63, 3.8) is 0 Å². The third-order valence-electron chi connectivity index (χ3n) is 4.71. The molecule has 8 nitrogen and oxygen atoms in total. The number of carbonyl (C=O) groups excluding carboxylic acids is 1. The van der Waals surface area contributed by atoms with E-state index in [0.717, 1.165) is 16.7 Å². The molecule has 1 saturated heterocycles. The molecule has 2 heterocycles. The van der Waals surface area contributed by atoms with Gasteiger partial charge in [-0.3, -0.25) is 19.8 Å². The van der Waals surface area contributed by atoms with Crippen LogP contribution in [-0.4, -0.2) is 37.2 Å². The van der Waals surface area contributed by atoms with E-state index in [0.29, 0.717) is 22.6 Å². The highest BCUT2D eigenvalue weighted by Gasteiger charge is 2.40. The molecule has 10 heteroatoms. The lowest BCUT2D eigenvalue weighted by Crippen LogP contribution is -2.44. The SMILES string of the molecule is Cc1ccc(-c2ccc(C=C3SC(=S)N(C(CC(C)C)C(=O)O)C3=O)o2)cc1[N+](=O)[O-]. The third kappa shape index (κ3) is 4.86. The zero-order valence-electron chi connectivity index (χ0n) is 17.0. The Balaban J connectivity index is 1.87. The van der Waals surface area contributed by atoms with Crippen LogP contribution in [0.4, 0.5) is 5.69 Å². The average molecular weight is 461 g/mol. The number of aryl methyl sites for hydroxylation is 1. The summed E-state index contributed by atoms with van der Waals surface area (Å²) in [7, 11) is 0. The Kier molecular flexibility index (Phi) is 6.61. The number of amides is 1. The van der Waals surface area contributed by atoms with Crippen LogP contribution in [0.25, 0.3) is 17.4 Å². The first-order chi connectivity index (χ1) is 14.6. The molecular formula is C21H20N2O6S2. The van der Waals surface area contributed by atoms with Crippen LogP contribution >= 0.6 is 24.0 Å². The molecule has 0 radical (unpaired) electrons. The highest BCUT2D eigenvalue weighted by molar-refractivity contribution is 8.26. The number of nitro benzene ring substituents is 1. The molecule has 1 aliphatic rings. The number of rotatable bonds is 7. The van der Waals surface area contributed by atoms with E-state index >= 15 is 0 Å². The number of furan rings is 1. The zero-order valence-corrected chi connectivity index (χ0v) is 18.7. The molecule has 1 amide bonds. The highest BCUT2D eigenvalue weighted by atomic mass is 32.2. The van der Waals surface area contributed by atoms with Crippen LogP contribution < -0.4 is 0 Å². The standard InChI is InChI=1S/C21H20N2O6S2/c1-11(2)8-16(20(25)26)22-19(24)18(31-21(22)30)10-14-6-7-17(29-14)13-5-4-12(3)15(9-13)23(27)28/h4-7,9-11,16H,8H2,1-3H3,(H,25,26). The lowest BCUT2D eigenvalue weighted by molar-refractivity contribution is -0.385. The minimum absolute atomic E-state index is 0.0128. The number of carbonyl (C=O) groups is 2. The van der Waals surface area contributed by atoms with Gasteiger partial charge in [0.15, 0.2) is 0 Å². The minimum Gasteiger partial charge on any atom is -0.480 e. The molecule has 1 aliphatic heterocycles. The minimum atomic E-state index is -1.10. The summed E-state index contributed by atoms with van der Waals surface area (Å²) in [5.41, 5.74) is 1.06. The monoisotopic (exact) mass is 460 g/mol. The summed E-state index contributed by atoms with van der Waals surface area (Å²) in [5.74, 6) is -0.747. The van der Waals surface area contributed by atoms with Crippen molar-refractivity contribution < 1.29 is 24.0 Å². The molecule has 0 spiro atoms. The third-order valence-corrected chi connectivity index (χ3v) is 6.04. The van der Waals surface area contributed by atoms with E-state index in [1.165, 1.54) is 12.1 Å². The largest absolute Gasteiger partial charge is 0.480 e. The van der Waals surface area contributed by atoms with Crippen LogP contribution in [0.5, 0.6) is 0 Å². The fourth-order valence-corrected chi connectivity index (χ4v) is 4.52. The summed E-state index contributed by atoms with van der Waals surface area (Å²) in [6, 6.07) is 7.05. The van der Waals surface area contributed by atoms with E-state index in [1.54, 1.807) is 31.2 Å². The molecule has 0 bridgehead atoms. The topological polar surface area (TPSA) is 114 Å². The van der Waals surface area contributed by atoms with E-state index < -0.39 is 22.8 Å². The van der Waals surface area contributed by atoms with Crippen molar-refractivity contribution in [3.05, 3.63) is 56.7 Å². The first-order valence-corrected chi connectivity index (χ1v) is 10.7. The van der Waals surface area contributed by atoms with Gasteiger partial charge in [0.25, 0.3) is 11.6 Å². The van der Waals surface area contributed by atoms with Gasteiger partial charge in [-0.2, -0.15) is 0 Å². The van der Waals surface area contributed by atoms with Gasteiger partial charge in [0.1, 0.15) is 21.9 Å². The summed E-state index contributed by atoms with van der Waals surface area (Å²) in [5, 5.41) is 20.7. The fourth-order valence-electron chi connectivity index (χ4n) is 3.19. The first kappa shape index (κ1) is 22.7. The Bertz CT molecular complexity index is 1110. The molecule has 1 fully saturated rings. The molecule has 1 N–H and O–H groups in total. The van der Waals surface area contributed by atoms with Gasteiger partial charge in [0, 0.05) is 23.3 Å². The Morgan fingerprint density at radius 2 is 2.06 bits per heavy atom. The van der Waals surface area contributed by atoms with E-state index in [2.05, 4.69) is 0 Å². The predicted octanol–water partition coefficient (Wildman–Crippen LogP) is 4.86. The lowest BCUT2D eigenvalue weighted by atomic mass is 10.0. The van der Waals surface area contributed by atoms with Crippen LogP contribution in [0.2, 0.25) is 0 Å². The summed E-state index contributed by atoms with van der Waals surface area (Å²) < 4.78 is 5.94. The number of benzene rings is 1. The Morgan fingerprint density at radius 1 is 1.35 bits per heavy atom. The van der Waals surface area contributed by atoms with Crippen LogP contribution in [0.1, 0.15) is 31.6 Å². The normalized spacial score (nSPS) is 16.4. The van der Waals surface area contributed by atoms with Gasteiger partial charge >= 0.3 is 5.97 Å². The number of nitro groups is 1. The number of thioether (sulfide) groups is 1. The van der Waals surface area contributed by atoms with Gasteiger partial charge in [-0.05, 0) is 31.4 Å². The van der Waals surface area contributed by atoms with E-state index in [1.807, 2.05) is 13.8 Å². The first-order valence-electron chi connectivity index (χ1n) is 9.43. The molecule has 162 valence electrons. The van der Waals surface area contributed by atoms with Crippen LogP contribution in [0.3, 0.4) is 0 Å². The maximum Gasteiger partial charge on any atom is 0.326 e. The summed E-state index contributed by atoms with van der Waals surface area (Å²) in [6.07, 6.45) is 1.78. The average Bonchev–Trinajstić information content (AvgIpc) is 3.25. The second kappa shape index (κ2) is 9.03. The van der Waals surface area contributed by atoms with Crippen molar-refractivity contribution in [1.82, 2.24) is 4.90 Å².